The summed E-state index contributed by atoms with van der Waals surface area (Å²) in [7, 11) is 1.47. The first kappa shape index (κ1) is 31.5. The van der Waals surface area contributed by atoms with Crippen LogP contribution < -0.4 is 32.4 Å². The van der Waals surface area contributed by atoms with Crippen molar-refractivity contribution in [1.29, 1.82) is 0 Å². The molecule has 0 aromatic heterocycles. The molecule has 0 bridgehead atoms. The molecule has 0 aliphatic heterocycles. The lowest BCUT2D eigenvalue weighted by Gasteiger charge is -2.20. The Kier molecular flexibility index (Phi) is 12.2. The van der Waals surface area contributed by atoms with Crippen LogP contribution in [0.15, 0.2) is 96.1 Å². The van der Waals surface area contributed by atoms with Crippen molar-refractivity contribution in [3.8, 4) is 0 Å². The van der Waals surface area contributed by atoms with Gasteiger partial charge in [0.25, 0.3) is 5.91 Å². The number of nitrogens with one attached hydrogen (secondary N) is 5. The number of hydrazone groups is 1. The first-order chi connectivity index (χ1) is 20.3. The summed E-state index contributed by atoms with van der Waals surface area (Å²) in [6.07, 6.45) is 1.08. The fourth-order valence-corrected chi connectivity index (χ4v) is 4.23. The summed E-state index contributed by atoms with van der Waals surface area (Å²) in [4.78, 5) is 51.0. The third-order valence-corrected chi connectivity index (χ3v) is 6.36. The largest absolute Gasteiger partial charge is 0.357 e. The predicted molar refractivity (Wildman–Crippen MR) is 161 cm³/mol. The SMILES string of the molecule is CCCC(N)/C(=N/NC(=O)NC(c1ccccc1)c1ccccc1)C(=O)NCC(=O)NC(C(=O)NC)c1ccccc1. The highest BCUT2D eigenvalue weighted by molar-refractivity contribution is 6.41. The molecule has 42 heavy (non-hydrogen) atoms. The Bertz CT molecular complexity index is 1310. The van der Waals surface area contributed by atoms with Gasteiger partial charge >= 0.3 is 6.03 Å². The van der Waals surface area contributed by atoms with Gasteiger partial charge in [0.15, 0.2) is 0 Å². The number of likely N-dealkylation sites (N-methyl/N-ethyl adjacent to an activating group) is 1. The van der Waals surface area contributed by atoms with Crippen molar-refractivity contribution in [2.24, 2.45) is 10.8 Å². The van der Waals surface area contributed by atoms with Gasteiger partial charge in [-0.2, -0.15) is 5.10 Å². The van der Waals surface area contributed by atoms with E-state index in [2.05, 4.69) is 31.8 Å². The lowest BCUT2D eigenvalue weighted by molar-refractivity contribution is -0.129. The highest BCUT2D eigenvalue weighted by atomic mass is 16.2. The minimum atomic E-state index is -0.941. The first-order valence-corrected chi connectivity index (χ1v) is 13.7. The monoisotopic (exact) mass is 571 g/mol. The molecule has 7 N–H and O–H groups in total. The topological polar surface area (TPSA) is 167 Å². The summed E-state index contributed by atoms with van der Waals surface area (Å²) in [6, 6.07) is 24.8. The summed E-state index contributed by atoms with van der Waals surface area (Å²) in [6.45, 7) is 1.46. The number of amides is 5. The quantitative estimate of drug-likeness (QED) is 0.137. The van der Waals surface area contributed by atoms with E-state index in [0.29, 0.717) is 18.4 Å². The molecule has 0 saturated heterocycles. The van der Waals surface area contributed by atoms with Crippen LogP contribution in [0.2, 0.25) is 0 Å². The zero-order chi connectivity index (χ0) is 30.3. The average Bonchev–Trinajstić information content (AvgIpc) is 3.02. The number of carbonyl (C=O) groups excluding carboxylic acids is 4. The van der Waals surface area contributed by atoms with Gasteiger partial charge in [-0.25, -0.2) is 10.2 Å². The maximum Gasteiger partial charge on any atom is 0.335 e. The van der Waals surface area contributed by atoms with Crippen molar-refractivity contribution in [2.45, 2.75) is 37.9 Å². The van der Waals surface area contributed by atoms with Crippen LogP contribution in [0.5, 0.6) is 0 Å². The maximum atomic E-state index is 13.0. The molecular weight excluding hydrogens is 534 g/mol. The number of hydrogen-bond donors (Lipinski definition) is 6. The molecule has 220 valence electrons. The van der Waals surface area contributed by atoms with Gasteiger partial charge in [-0.05, 0) is 23.1 Å². The van der Waals surface area contributed by atoms with E-state index in [1.54, 1.807) is 30.3 Å². The number of hydrogen-bond acceptors (Lipinski definition) is 6. The van der Waals surface area contributed by atoms with Crippen molar-refractivity contribution < 1.29 is 19.2 Å². The molecule has 0 fully saturated rings. The molecular formula is C31H37N7O4. The van der Waals surface area contributed by atoms with Crippen LogP contribution in [-0.2, 0) is 14.4 Å². The van der Waals surface area contributed by atoms with Gasteiger partial charge < -0.3 is 27.0 Å². The molecule has 0 aliphatic carbocycles. The number of urea groups is 1. The Balaban J connectivity index is 1.68. The van der Waals surface area contributed by atoms with E-state index >= 15 is 0 Å². The summed E-state index contributed by atoms with van der Waals surface area (Å²) in [5, 5.41) is 14.5. The van der Waals surface area contributed by atoms with Crippen LogP contribution in [0.1, 0.15) is 48.5 Å². The number of carbonyl (C=O) groups is 4. The van der Waals surface area contributed by atoms with Crippen molar-refractivity contribution in [3.05, 3.63) is 108 Å². The van der Waals surface area contributed by atoms with E-state index in [-0.39, 0.29) is 5.71 Å². The molecule has 3 rings (SSSR count). The lowest BCUT2D eigenvalue weighted by atomic mass is 9.99. The average molecular weight is 572 g/mol. The molecule has 11 nitrogen and oxygen atoms in total. The highest BCUT2D eigenvalue weighted by Gasteiger charge is 2.24. The third kappa shape index (κ3) is 9.27. The Morgan fingerprint density at radius 2 is 1.31 bits per heavy atom. The molecule has 2 unspecified atom stereocenters. The predicted octanol–water partition coefficient (Wildman–Crippen LogP) is 2.28. The van der Waals surface area contributed by atoms with Crippen molar-refractivity contribution in [2.75, 3.05) is 13.6 Å². The van der Waals surface area contributed by atoms with Crippen LogP contribution in [0, 0.1) is 0 Å². The van der Waals surface area contributed by atoms with Crippen LogP contribution in [0.4, 0.5) is 4.79 Å². The summed E-state index contributed by atoms with van der Waals surface area (Å²) in [5.74, 6) is -1.72. The fourth-order valence-electron chi connectivity index (χ4n) is 4.23. The summed E-state index contributed by atoms with van der Waals surface area (Å²) >= 11 is 0. The second-order valence-corrected chi connectivity index (χ2v) is 9.44. The van der Waals surface area contributed by atoms with E-state index in [1.165, 1.54) is 7.05 Å². The van der Waals surface area contributed by atoms with Crippen LogP contribution in [-0.4, -0.2) is 49.1 Å². The lowest BCUT2D eigenvalue weighted by Crippen LogP contribution is -2.48. The van der Waals surface area contributed by atoms with Gasteiger partial charge in [0.2, 0.25) is 11.8 Å². The molecule has 5 amide bonds. The Morgan fingerprint density at radius 3 is 1.81 bits per heavy atom. The van der Waals surface area contributed by atoms with Gasteiger partial charge in [-0.1, -0.05) is 104 Å². The molecule has 3 aromatic carbocycles. The van der Waals surface area contributed by atoms with E-state index in [1.807, 2.05) is 67.6 Å². The normalized spacial score (nSPS) is 12.5. The minimum Gasteiger partial charge on any atom is -0.357 e. The number of rotatable bonds is 13. The zero-order valence-electron chi connectivity index (χ0n) is 23.7. The summed E-state index contributed by atoms with van der Waals surface area (Å²) in [5.41, 5.74) is 10.8. The van der Waals surface area contributed by atoms with Gasteiger partial charge in [0, 0.05) is 7.05 Å². The molecule has 11 heteroatoms. The molecule has 2 atom stereocenters. The molecule has 0 saturated carbocycles. The number of nitrogens with zero attached hydrogens (tertiary/aromatic N) is 1. The molecule has 0 radical (unpaired) electrons. The van der Waals surface area contributed by atoms with Gasteiger partial charge in [0.1, 0.15) is 11.8 Å². The fraction of sp³-hybridized carbons (Fsp3) is 0.258. The van der Waals surface area contributed by atoms with Crippen molar-refractivity contribution >= 4 is 29.5 Å². The summed E-state index contributed by atoms with van der Waals surface area (Å²) < 4.78 is 0. The molecule has 0 spiro atoms. The third-order valence-electron chi connectivity index (χ3n) is 6.36. The Morgan fingerprint density at radius 1 is 0.786 bits per heavy atom. The van der Waals surface area contributed by atoms with Crippen LogP contribution >= 0.6 is 0 Å². The molecule has 0 heterocycles. The Hall–Kier alpha value is -5.03. The first-order valence-electron chi connectivity index (χ1n) is 13.7. The van der Waals surface area contributed by atoms with Crippen molar-refractivity contribution in [1.82, 2.24) is 26.7 Å². The molecule has 0 aliphatic rings. The van der Waals surface area contributed by atoms with E-state index in [9.17, 15) is 19.2 Å². The maximum absolute atomic E-state index is 13.0. The second kappa shape index (κ2) is 16.3. The van der Waals surface area contributed by atoms with E-state index < -0.39 is 48.4 Å². The number of benzene rings is 3. The van der Waals surface area contributed by atoms with E-state index in [0.717, 1.165) is 11.1 Å². The zero-order valence-corrected chi connectivity index (χ0v) is 23.7. The smallest absolute Gasteiger partial charge is 0.335 e. The van der Waals surface area contributed by atoms with Crippen molar-refractivity contribution in [3.63, 3.8) is 0 Å². The van der Waals surface area contributed by atoms with Crippen LogP contribution in [0.3, 0.4) is 0 Å². The van der Waals surface area contributed by atoms with Gasteiger partial charge in [-0.15, -0.1) is 0 Å². The highest BCUT2D eigenvalue weighted by Crippen LogP contribution is 2.21. The van der Waals surface area contributed by atoms with Gasteiger partial charge in [0.05, 0.1) is 18.6 Å². The van der Waals surface area contributed by atoms with Crippen LogP contribution in [0.25, 0.3) is 0 Å². The standard InChI is InChI=1S/C31H37N7O4/c1-3-13-24(32)28(30(41)34-20-25(39)35-27(29(40)33-2)23-18-11-6-12-19-23)37-38-31(42)36-26(21-14-7-4-8-15-21)22-16-9-5-10-17-22/h4-12,14-19,24,26-27H,3,13,20,32H2,1-2H3,(H,33,40)(H,34,41)(H,35,39)(H2,36,38,42)/b37-28-. The van der Waals surface area contributed by atoms with Gasteiger partial charge in [-0.3, -0.25) is 14.4 Å². The second-order valence-electron chi connectivity index (χ2n) is 9.44. The Labute approximate surface area is 245 Å². The van der Waals surface area contributed by atoms with E-state index in [4.69, 9.17) is 5.73 Å². The molecule has 3 aromatic rings. The number of nitrogens with two attached hydrogens (primary N) is 1. The minimum absolute atomic E-state index is 0.137.